The van der Waals surface area contributed by atoms with Crippen molar-refractivity contribution >= 4 is 29.1 Å². The second-order valence-corrected chi connectivity index (χ2v) is 10.2. The number of carbonyl (C=O) groups excluding carboxylic acids is 1. The topological polar surface area (TPSA) is 85.8 Å². The van der Waals surface area contributed by atoms with Crippen molar-refractivity contribution in [1.82, 2.24) is 20.2 Å². The first-order chi connectivity index (χ1) is 18.4. The third-order valence-corrected chi connectivity index (χ3v) is 7.50. The van der Waals surface area contributed by atoms with Crippen LogP contribution in [0, 0.1) is 5.92 Å². The van der Waals surface area contributed by atoms with E-state index in [1.165, 1.54) is 5.56 Å². The molecule has 1 aliphatic heterocycles. The zero-order chi connectivity index (χ0) is 27.1. The van der Waals surface area contributed by atoms with Gasteiger partial charge in [0.1, 0.15) is 0 Å². The lowest BCUT2D eigenvalue weighted by Crippen LogP contribution is -2.34. The van der Waals surface area contributed by atoms with Gasteiger partial charge in [0, 0.05) is 37.1 Å². The smallest absolute Gasteiger partial charge is 0.316 e. The van der Waals surface area contributed by atoms with Crippen LogP contribution < -0.4 is 19.5 Å². The Kier molecular flexibility index (Phi) is 9.66. The molecule has 0 aliphatic carbocycles. The number of hydrogen-bond acceptors (Lipinski definition) is 7. The van der Waals surface area contributed by atoms with E-state index in [2.05, 4.69) is 27.2 Å². The Hall–Kier alpha value is -3.07. The highest BCUT2D eigenvalue weighted by Crippen LogP contribution is 2.32. The highest BCUT2D eigenvalue weighted by molar-refractivity contribution is 6.42. The first-order valence-electron chi connectivity index (χ1n) is 12.4. The van der Waals surface area contributed by atoms with Crippen molar-refractivity contribution in [2.45, 2.75) is 25.3 Å². The van der Waals surface area contributed by atoms with E-state index in [0.717, 1.165) is 36.9 Å². The lowest BCUT2D eigenvalue weighted by atomic mass is 9.96. The number of nitrogens with one attached hydrogen (secondary N) is 1. The Balaban J connectivity index is 1.19. The van der Waals surface area contributed by atoms with E-state index in [4.69, 9.17) is 37.4 Å². The highest BCUT2D eigenvalue weighted by Gasteiger charge is 2.29. The number of nitrogens with zero attached hydrogens (tertiary/aromatic N) is 3. The monoisotopic (exact) mass is 558 g/mol. The van der Waals surface area contributed by atoms with Gasteiger partial charge in [0.15, 0.2) is 18.1 Å². The number of hydrogen-bond donors (Lipinski definition) is 1. The number of aromatic nitrogens is 2. The first-order valence-corrected chi connectivity index (χ1v) is 13.2. The molecule has 1 saturated heterocycles. The second kappa shape index (κ2) is 13.1. The summed E-state index contributed by atoms with van der Waals surface area (Å²) in [6.45, 7) is 1.45. The first kappa shape index (κ1) is 28.0. The number of rotatable bonds is 11. The van der Waals surface area contributed by atoms with Gasteiger partial charge >= 0.3 is 6.01 Å². The quantitative estimate of drug-likeness (QED) is 0.357. The molecule has 1 N–H and O–H groups in total. The number of methoxy groups -OCH3 is 2. The van der Waals surface area contributed by atoms with Crippen molar-refractivity contribution in [3.8, 4) is 28.6 Å². The van der Waals surface area contributed by atoms with E-state index in [1.807, 2.05) is 36.4 Å². The number of likely N-dealkylation sites (tertiary alicyclic amines) is 1. The molecule has 4 rings (SSSR count). The fraction of sp³-hybridized carbons (Fsp3) is 0.393. The molecule has 0 bridgehead atoms. The van der Waals surface area contributed by atoms with Gasteiger partial charge in [0.2, 0.25) is 0 Å². The number of ether oxygens (including phenoxy) is 3. The molecule has 1 amide bonds. The van der Waals surface area contributed by atoms with Crippen LogP contribution in [0.25, 0.3) is 11.1 Å². The van der Waals surface area contributed by atoms with Gasteiger partial charge in [0.25, 0.3) is 5.91 Å². The minimum atomic E-state index is -0.203. The van der Waals surface area contributed by atoms with Gasteiger partial charge in [-0.05, 0) is 67.6 Å². The van der Waals surface area contributed by atoms with Gasteiger partial charge in [-0.1, -0.05) is 35.3 Å². The molecule has 0 saturated carbocycles. The minimum Gasteiger partial charge on any atom is -0.493 e. The van der Waals surface area contributed by atoms with E-state index < -0.39 is 0 Å². The Morgan fingerprint density at radius 3 is 2.50 bits per heavy atom. The Morgan fingerprint density at radius 2 is 1.79 bits per heavy atom. The average Bonchev–Trinajstić information content (AvgIpc) is 3.27. The van der Waals surface area contributed by atoms with Crippen LogP contribution in [0.5, 0.6) is 17.5 Å². The summed E-state index contributed by atoms with van der Waals surface area (Å²) < 4.78 is 16.1. The highest BCUT2D eigenvalue weighted by atomic mass is 35.5. The normalized spacial score (nSPS) is 17.3. The van der Waals surface area contributed by atoms with Gasteiger partial charge in [0.05, 0.1) is 24.3 Å². The fourth-order valence-electron chi connectivity index (χ4n) is 4.80. The third kappa shape index (κ3) is 7.28. The number of halogens is 2. The van der Waals surface area contributed by atoms with Gasteiger partial charge in [-0.2, -0.15) is 0 Å². The molecule has 1 aliphatic rings. The molecule has 2 unspecified atom stereocenters. The van der Waals surface area contributed by atoms with E-state index in [-0.39, 0.29) is 18.5 Å². The molecule has 3 aromatic rings. The molecule has 8 nitrogen and oxygen atoms in total. The van der Waals surface area contributed by atoms with Crippen LogP contribution in [-0.2, 0) is 11.2 Å². The SMILES string of the molecule is COc1ccc(-c2cnc(OCC(=O)NCCC3CC(Cc4ccc(Cl)c(Cl)c4)CN3C)nc2)cc1OC. The summed E-state index contributed by atoms with van der Waals surface area (Å²) in [5, 5.41) is 4.11. The maximum absolute atomic E-state index is 12.3. The van der Waals surface area contributed by atoms with E-state index in [0.29, 0.717) is 40.0 Å². The summed E-state index contributed by atoms with van der Waals surface area (Å²) in [5.41, 5.74) is 2.87. The van der Waals surface area contributed by atoms with Crippen LogP contribution in [0.15, 0.2) is 48.8 Å². The summed E-state index contributed by atoms with van der Waals surface area (Å²) in [5.74, 6) is 1.60. The van der Waals surface area contributed by atoms with E-state index in [9.17, 15) is 4.79 Å². The molecule has 0 spiro atoms. The summed E-state index contributed by atoms with van der Waals surface area (Å²) in [7, 11) is 5.31. The third-order valence-electron chi connectivity index (χ3n) is 6.76. The molecule has 1 fully saturated rings. The number of amides is 1. The predicted octanol–water partition coefficient (Wildman–Crippen LogP) is 4.92. The number of benzene rings is 2. The van der Waals surface area contributed by atoms with E-state index in [1.54, 1.807) is 26.6 Å². The maximum Gasteiger partial charge on any atom is 0.316 e. The lowest BCUT2D eigenvalue weighted by molar-refractivity contribution is -0.123. The van der Waals surface area contributed by atoms with Crippen molar-refractivity contribution in [3.63, 3.8) is 0 Å². The van der Waals surface area contributed by atoms with Crippen LogP contribution in [0.1, 0.15) is 18.4 Å². The Bertz CT molecular complexity index is 1240. The van der Waals surface area contributed by atoms with Crippen LogP contribution in [0.2, 0.25) is 10.0 Å². The zero-order valence-electron chi connectivity index (χ0n) is 21.7. The lowest BCUT2D eigenvalue weighted by Gasteiger charge is -2.19. The Labute approximate surface area is 233 Å². The molecule has 2 heterocycles. The van der Waals surface area contributed by atoms with Crippen molar-refractivity contribution in [2.24, 2.45) is 5.92 Å². The van der Waals surface area contributed by atoms with Crippen LogP contribution in [0.4, 0.5) is 0 Å². The van der Waals surface area contributed by atoms with E-state index >= 15 is 0 Å². The zero-order valence-corrected chi connectivity index (χ0v) is 23.3. The summed E-state index contributed by atoms with van der Waals surface area (Å²) >= 11 is 12.2. The summed E-state index contributed by atoms with van der Waals surface area (Å²) in [4.78, 5) is 23.1. The van der Waals surface area contributed by atoms with Gasteiger partial charge in [-0.15, -0.1) is 0 Å². The summed E-state index contributed by atoms with van der Waals surface area (Å²) in [6, 6.07) is 12.0. The van der Waals surface area contributed by atoms with Gasteiger partial charge < -0.3 is 24.4 Å². The van der Waals surface area contributed by atoms with Crippen LogP contribution in [-0.4, -0.2) is 67.8 Å². The molecular formula is C28H32Cl2N4O4. The largest absolute Gasteiger partial charge is 0.493 e. The molecule has 1 aromatic heterocycles. The molecule has 10 heteroatoms. The molecular weight excluding hydrogens is 527 g/mol. The molecule has 202 valence electrons. The maximum atomic E-state index is 12.3. The van der Waals surface area contributed by atoms with Crippen LogP contribution in [0.3, 0.4) is 0 Å². The average molecular weight is 559 g/mol. The van der Waals surface area contributed by atoms with Crippen molar-refractivity contribution in [1.29, 1.82) is 0 Å². The standard InChI is InChI=1S/C28H32Cl2N4O4/c1-34-16-19(10-18-4-6-23(29)24(30)12-18)11-22(34)8-9-31-27(35)17-38-28-32-14-21(15-33-28)20-5-7-25(36-2)26(13-20)37-3/h4-7,12-15,19,22H,8-11,16-17H2,1-3H3,(H,31,35). The van der Waals surface area contributed by atoms with Crippen molar-refractivity contribution < 1.29 is 19.0 Å². The number of carbonyl (C=O) groups is 1. The Morgan fingerprint density at radius 1 is 1.03 bits per heavy atom. The summed E-state index contributed by atoms with van der Waals surface area (Å²) in [6.07, 6.45) is 6.19. The van der Waals surface area contributed by atoms with Crippen LogP contribution >= 0.6 is 23.2 Å². The molecule has 2 atom stereocenters. The van der Waals surface area contributed by atoms with Gasteiger partial charge in [-0.25, -0.2) is 9.97 Å². The van der Waals surface area contributed by atoms with Gasteiger partial charge in [-0.3, -0.25) is 4.79 Å². The van der Waals surface area contributed by atoms with Crippen molar-refractivity contribution in [2.75, 3.05) is 41.0 Å². The predicted molar refractivity (Wildman–Crippen MR) is 148 cm³/mol. The fourth-order valence-corrected chi connectivity index (χ4v) is 5.12. The van der Waals surface area contributed by atoms with Crippen molar-refractivity contribution in [3.05, 3.63) is 64.4 Å². The molecule has 2 aromatic carbocycles. The molecule has 38 heavy (non-hydrogen) atoms. The minimum absolute atomic E-state index is 0.143. The second-order valence-electron chi connectivity index (χ2n) is 9.40. The molecule has 0 radical (unpaired) electrons.